The molecule has 156 valence electrons. The SMILES string of the molecule is c1ccc(C[NH+]2CC[NH+]([C@H](c3ccccc3)c3nnnn3C3CCCC3)CC2)cc1. The van der Waals surface area contributed by atoms with Crippen LogP contribution in [-0.4, -0.2) is 46.4 Å². The van der Waals surface area contributed by atoms with Crippen molar-refractivity contribution < 1.29 is 9.80 Å². The van der Waals surface area contributed by atoms with Gasteiger partial charge in [0.05, 0.1) is 6.04 Å². The average molecular weight is 405 g/mol. The molecule has 5 rings (SSSR count). The number of rotatable bonds is 6. The molecule has 0 spiro atoms. The van der Waals surface area contributed by atoms with Crippen molar-refractivity contribution in [3.05, 3.63) is 77.6 Å². The lowest BCUT2D eigenvalue weighted by atomic mass is 10.0. The standard InChI is InChI=1S/C24H30N6/c1-3-9-20(10-4-1)19-28-15-17-29(18-16-28)23(21-11-5-2-6-12-21)24-25-26-27-30(24)22-13-7-8-14-22/h1-6,9-12,22-23H,7-8,13-19H2/p+2/t23-/m1/s1. The van der Waals surface area contributed by atoms with Gasteiger partial charge in [0.25, 0.3) is 0 Å². The molecule has 1 aliphatic carbocycles. The fourth-order valence-electron chi connectivity index (χ4n) is 5.29. The molecule has 0 bridgehead atoms. The summed E-state index contributed by atoms with van der Waals surface area (Å²) < 4.78 is 2.15. The Morgan fingerprint density at radius 1 is 0.867 bits per heavy atom. The van der Waals surface area contributed by atoms with Crippen LogP contribution in [0.1, 0.15) is 54.7 Å². The highest BCUT2D eigenvalue weighted by molar-refractivity contribution is 5.22. The molecular weight excluding hydrogens is 372 g/mol. The second kappa shape index (κ2) is 9.06. The summed E-state index contributed by atoms with van der Waals surface area (Å²) in [7, 11) is 0. The van der Waals surface area contributed by atoms with Gasteiger partial charge >= 0.3 is 0 Å². The van der Waals surface area contributed by atoms with Crippen molar-refractivity contribution in [3.8, 4) is 0 Å². The Kier molecular flexibility index (Phi) is 5.86. The molecule has 1 aliphatic heterocycles. The Balaban J connectivity index is 1.36. The third kappa shape index (κ3) is 4.16. The molecule has 30 heavy (non-hydrogen) atoms. The van der Waals surface area contributed by atoms with Gasteiger partial charge < -0.3 is 9.80 Å². The Labute approximate surface area is 178 Å². The third-order valence-electron chi connectivity index (χ3n) is 6.88. The van der Waals surface area contributed by atoms with E-state index in [0.29, 0.717) is 6.04 Å². The summed E-state index contributed by atoms with van der Waals surface area (Å²) >= 11 is 0. The van der Waals surface area contributed by atoms with Crippen molar-refractivity contribution in [3.63, 3.8) is 0 Å². The van der Waals surface area contributed by atoms with Gasteiger partial charge in [0, 0.05) is 11.1 Å². The zero-order valence-electron chi connectivity index (χ0n) is 17.6. The lowest BCUT2D eigenvalue weighted by Gasteiger charge is -2.34. The van der Waals surface area contributed by atoms with Gasteiger partial charge in [0.15, 0.2) is 6.04 Å². The van der Waals surface area contributed by atoms with E-state index in [-0.39, 0.29) is 6.04 Å². The Morgan fingerprint density at radius 3 is 2.23 bits per heavy atom. The summed E-state index contributed by atoms with van der Waals surface area (Å²) in [5.74, 6) is 1.05. The molecule has 0 radical (unpaired) electrons. The zero-order valence-corrected chi connectivity index (χ0v) is 17.6. The molecule has 2 N–H and O–H groups in total. The maximum absolute atomic E-state index is 4.57. The molecule has 2 fully saturated rings. The summed E-state index contributed by atoms with van der Waals surface area (Å²) in [6, 6.07) is 22.4. The van der Waals surface area contributed by atoms with Crippen LogP contribution in [0.15, 0.2) is 60.7 Å². The van der Waals surface area contributed by atoms with Crippen LogP contribution in [0.3, 0.4) is 0 Å². The van der Waals surface area contributed by atoms with E-state index in [0.717, 1.165) is 25.5 Å². The zero-order chi connectivity index (χ0) is 20.2. The van der Waals surface area contributed by atoms with Crippen molar-refractivity contribution in [1.29, 1.82) is 0 Å². The van der Waals surface area contributed by atoms with Crippen LogP contribution in [0.2, 0.25) is 0 Å². The highest BCUT2D eigenvalue weighted by atomic mass is 15.6. The van der Waals surface area contributed by atoms with E-state index < -0.39 is 0 Å². The fourth-order valence-corrected chi connectivity index (χ4v) is 5.29. The summed E-state index contributed by atoms with van der Waals surface area (Å²) in [5, 5.41) is 13.1. The van der Waals surface area contributed by atoms with Crippen molar-refractivity contribution >= 4 is 0 Å². The van der Waals surface area contributed by atoms with Gasteiger partial charge in [-0.3, -0.25) is 0 Å². The number of hydrogen-bond acceptors (Lipinski definition) is 3. The van der Waals surface area contributed by atoms with E-state index in [1.807, 2.05) is 0 Å². The maximum atomic E-state index is 4.57. The lowest BCUT2D eigenvalue weighted by molar-refractivity contribution is -1.03. The second-order valence-corrected chi connectivity index (χ2v) is 8.83. The minimum absolute atomic E-state index is 0.208. The van der Waals surface area contributed by atoms with Crippen molar-refractivity contribution in [2.24, 2.45) is 0 Å². The first-order valence-corrected chi connectivity index (χ1v) is 11.4. The second-order valence-electron chi connectivity index (χ2n) is 8.83. The predicted molar refractivity (Wildman–Crippen MR) is 115 cm³/mol. The molecule has 3 aromatic rings. The maximum Gasteiger partial charge on any atom is 0.214 e. The molecule has 2 aliphatic rings. The minimum Gasteiger partial charge on any atom is -0.322 e. The highest BCUT2D eigenvalue weighted by Crippen LogP contribution is 2.31. The largest absolute Gasteiger partial charge is 0.322 e. The van der Waals surface area contributed by atoms with Crippen molar-refractivity contribution in [2.45, 2.75) is 44.3 Å². The number of hydrogen-bond donors (Lipinski definition) is 2. The molecule has 2 aromatic carbocycles. The van der Waals surface area contributed by atoms with E-state index in [1.54, 1.807) is 9.80 Å². The first kappa shape index (κ1) is 19.4. The summed E-state index contributed by atoms with van der Waals surface area (Å²) in [6.07, 6.45) is 4.97. The molecule has 1 aromatic heterocycles. The van der Waals surface area contributed by atoms with Crippen LogP contribution in [0.5, 0.6) is 0 Å². The average Bonchev–Trinajstić information content (AvgIpc) is 3.49. The first-order chi connectivity index (χ1) is 14.9. The molecule has 0 unspecified atom stereocenters. The Hall–Kier alpha value is -2.57. The Bertz CT molecular complexity index is 911. The number of piperazine rings is 1. The molecule has 0 amide bonds. The predicted octanol–water partition coefficient (Wildman–Crippen LogP) is 0.861. The van der Waals surface area contributed by atoms with Gasteiger partial charge in [-0.25, -0.2) is 4.68 Å². The highest BCUT2D eigenvalue weighted by Gasteiger charge is 2.37. The molecule has 6 heteroatoms. The number of quaternary nitrogens is 2. The van der Waals surface area contributed by atoms with E-state index in [9.17, 15) is 0 Å². The molecule has 1 atom stereocenters. The number of nitrogens with zero attached hydrogens (tertiary/aromatic N) is 4. The van der Waals surface area contributed by atoms with Crippen LogP contribution >= 0.6 is 0 Å². The van der Waals surface area contributed by atoms with Crippen LogP contribution in [0.25, 0.3) is 0 Å². The first-order valence-electron chi connectivity index (χ1n) is 11.4. The summed E-state index contributed by atoms with van der Waals surface area (Å²) in [5.41, 5.74) is 2.76. The lowest BCUT2D eigenvalue weighted by Crippen LogP contribution is -3.27. The molecule has 6 nitrogen and oxygen atoms in total. The van der Waals surface area contributed by atoms with Gasteiger partial charge in [-0.05, 0) is 23.3 Å². The molecule has 1 saturated heterocycles. The smallest absolute Gasteiger partial charge is 0.214 e. The monoisotopic (exact) mass is 404 g/mol. The third-order valence-corrected chi connectivity index (χ3v) is 6.88. The van der Waals surface area contributed by atoms with Gasteiger partial charge in [-0.15, -0.1) is 5.10 Å². The van der Waals surface area contributed by atoms with Gasteiger partial charge in [0.1, 0.15) is 32.7 Å². The van der Waals surface area contributed by atoms with Crippen LogP contribution in [-0.2, 0) is 6.54 Å². The normalized spacial score (nSPS) is 23.5. The fraction of sp³-hybridized carbons (Fsp3) is 0.458. The van der Waals surface area contributed by atoms with Crippen LogP contribution in [0.4, 0.5) is 0 Å². The summed E-state index contributed by atoms with van der Waals surface area (Å²) in [6.45, 7) is 5.75. The number of benzene rings is 2. The van der Waals surface area contributed by atoms with E-state index in [1.165, 1.54) is 49.9 Å². The van der Waals surface area contributed by atoms with Crippen LogP contribution in [0, 0.1) is 0 Å². The number of aromatic nitrogens is 4. The van der Waals surface area contributed by atoms with E-state index in [4.69, 9.17) is 0 Å². The number of tetrazole rings is 1. The molecule has 2 heterocycles. The Morgan fingerprint density at radius 2 is 1.53 bits per heavy atom. The van der Waals surface area contributed by atoms with Gasteiger partial charge in [0.2, 0.25) is 5.82 Å². The summed E-state index contributed by atoms with van der Waals surface area (Å²) in [4.78, 5) is 3.26. The van der Waals surface area contributed by atoms with E-state index in [2.05, 4.69) is 80.9 Å². The van der Waals surface area contributed by atoms with Crippen LogP contribution < -0.4 is 9.80 Å². The molecular formula is C24H32N6+2. The van der Waals surface area contributed by atoms with Gasteiger partial charge in [-0.2, -0.15) is 0 Å². The van der Waals surface area contributed by atoms with E-state index >= 15 is 0 Å². The molecule has 1 saturated carbocycles. The van der Waals surface area contributed by atoms with Crippen molar-refractivity contribution in [2.75, 3.05) is 26.2 Å². The van der Waals surface area contributed by atoms with Gasteiger partial charge in [-0.1, -0.05) is 73.5 Å². The van der Waals surface area contributed by atoms with Crippen molar-refractivity contribution in [1.82, 2.24) is 20.2 Å². The minimum atomic E-state index is 0.208. The topological polar surface area (TPSA) is 52.5 Å². The quantitative estimate of drug-likeness (QED) is 0.641. The number of nitrogens with one attached hydrogen (secondary N) is 2.